The van der Waals surface area contributed by atoms with Crippen LogP contribution in [-0.2, 0) is 6.54 Å². The Morgan fingerprint density at radius 1 is 1.45 bits per heavy atom. The number of nitrogens with zero attached hydrogens (tertiary/aromatic N) is 2. The van der Waals surface area contributed by atoms with E-state index < -0.39 is 0 Å². The van der Waals surface area contributed by atoms with Crippen LogP contribution in [0, 0.1) is 19.8 Å². The fourth-order valence-electron chi connectivity index (χ4n) is 2.81. The maximum Gasteiger partial charge on any atom is 0.107 e. The molecule has 2 atom stereocenters. The number of thiazole rings is 1. The predicted octanol–water partition coefficient (Wildman–Crippen LogP) is 3.36. The molecule has 1 saturated heterocycles. The Morgan fingerprint density at radius 2 is 2.15 bits per heavy atom. The van der Waals surface area contributed by atoms with Gasteiger partial charge in [0.25, 0.3) is 0 Å². The van der Waals surface area contributed by atoms with E-state index in [4.69, 9.17) is 4.98 Å². The molecule has 0 amide bonds. The summed E-state index contributed by atoms with van der Waals surface area (Å²) in [4.78, 5) is 8.73. The van der Waals surface area contributed by atoms with Gasteiger partial charge in [0.1, 0.15) is 5.01 Å². The van der Waals surface area contributed by atoms with Crippen LogP contribution in [0.2, 0.25) is 0 Å². The number of rotatable bonds is 4. The molecule has 0 spiro atoms. The summed E-state index contributed by atoms with van der Waals surface area (Å²) in [6.45, 7) is 16.8. The van der Waals surface area contributed by atoms with Crippen molar-refractivity contribution in [2.24, 2.45) is 5.92 Å². The quantitative estimate of drug-likeness (QED) is 0.923. The predicted molar refractivity (Wildman–Crippen MR) is 87.3 cm³/mol. The third kappa shape index (κ3) is 3.23. The number of nitrogens with one attached hydrogen (secondary N) is 1. The molecule has 2 rings (SSSR count). The molecule has 0 aromatic carbocycles. The highest BCUT2D eigenvalue weighted by Crippen LogP contribution is 2.28. The lowest BCUT2D eigenvalue weighted by atomic mass is 9.89. The first-order chi connectivity index (χ1) is 9.35. The molecule has 114 valence electrons. The normalized spacial score (nSPS) is 28.2. The molecule has 0 bridgehead atoms. The highest BCUT2D eigenvalue weighted by atomic mass is 32.1. The van der Waals surface area contributed by atoms with Gasteiger partial charge in [-0.2, -0.15) is 0 Å². The van der Waals surface area contributed by atoms with Gasteiger partial charge in [-0.05, 0) is 33.1 Å². The van der Waals surface area contributed by atoms with Gasteiger partial charge in [-0.3, -0.25) is 4.90 Å². The zero-order chi connectivity index (χ0) is 14.9. The van der Waals surface area contributed by atoms with Gasteiger partial charge in [0, 0.05) is 29.5 Å². The molecule has 1 aromatic heterocycles. The molecule has 0 radical (unpaired) electrons. The Labute approximate surface area is 127 Å². The Hall–Kier alpha value is -0.450. The molecular formula is C16H29N3S. The highest BCUT2D eigenvalue weighted by Gasteiger charge is 2.37. The molecule has 0 saturated carbocycles. The number of hydrogen-bond acceptors (Lipinski definition) is 4. The van der Waals surface area contributed by atoms with Crippen molar-refractivity contribution >= 4 is 11.3 Å². The number of hydrogen-bond donors (Lipinski definition) is 1. The number of piperazine rings is 1. The minimum atomic E-state index is 0.249. The van der Waals surface area contributed by atoms with Crippen LogP contribution in [0.3, 0.4) is 0 Å². The van der Waals surface area contributed by atoms with Crippen molar-refractivity contribution < 1.29 is 0 Å². The summed E-state index contributed by atoms with van der Waals surface area (Å²) in [5, 5.41) is 5.00. The van der Waals surface area contributed by atoms with E-state index in [0.29, 0.717) is 12.0 Å². The summed E-state index contributed by atoms with van der Waals surface area (Å²) in [7, 11) is 0. The van der Waals surface area contributed by atoms with Gasteiger partial charge in [0.05, 0.1) is 12.2 Å². The molecule has 1 aliphatic rings. The topological polar surface area (TPSA) is 28.2 Å². The second kappa shape index (κ2) is 6.12. The Bertz CT molecular complexity index is 435. The van der Waals surface area contributed by atoms with E-state index in [1.807, 2.05) is 11.3 Å². The van der Waals surface area contributed by atoms with Gasteiger partial charge in [0.15, 0.2) is 0 Å². The van der Waals surface area contributed by atoms with Crippen molar-refractivity contribution in [2.75, 3.05) is 13.1 Å². The van der Waals surface area contributed by atoms with E-state index in [9.17, 15) is 0 Å². The average Bonchev–Trinajstić information content (AvgIpc) is 2.71. The monoisotopic (exact) mass is 295 g/mol. The van der Waals surface area contributed by atoms with Crippen LogP contribution in [0.5, 0.6) is 0 Å². The van der Waals surface area contributed by atoms with E-state index >= 15 is 0 Å². The lowest BCUT2D eigenvalue weighted by molar-refractivity contribution is 0.0316. The lowest BCUT2D eigenvalue weighted by Gasteiger charge is -2.48. The molecule has 4 heteroatoms. The summed E-state index contributed by atoms with van der Waals surface area (Å²) in [6.07, 6.45) is 1.17. The Balaban J connectivity index is 2.15. The van der Waals surface area contributed by atoms with Gasteiger partial charge >= 0.3 is 0 Å². The molecule has 3 nitrogen and oxygen atoms in total. The van der Waals surface area contributed by atoms with Crippen LogP contribution in [0.1, 0.15) is 49.7 Å². The molecule has 1 N–H and O–H groups in total. The fourth-order valence-corrected chi connectivity index (χ4v) is 3.76. The molecule has 1 fully saturated rings. The molecule has 1 aliphatic heterocycles. The molecule has 2 heterocycles. The van der Waals surface area contributed by atoms with Crippen molar-refractivity contribution in [3.05, 3.63) is 15.6 Å². The average molecular weight is 295 g/mol. The van der Waals surface area contributed by atoms with Gasteiger partial charge in [-0.25, -0.2) is 4.98 Å². The van der Waals surface area contributed by atoms with Crippen LogP contribution < -0.4 is 5.32 Å². The van der Waals surface area contributed by atoms with Crippen LogP contribution in [0.25, 0.3) is 0 Å². The highest BCUT2D eigenvalue weighted by molar-refractivity contribution is 7.11. The maximum atomic E-state index is 4.73. The molecule has 20 heavy (non-hydrogen) atoms. The molecule has 0 aliphatic carbocycles. The summed E-state index contributed by atoms with van der Waals surface area (Å²) in [5.41, 5.74) is 1.44. The molecular weight excluding hydrogens is 266 g/mol. The van der Waals surface area contributed by atoms with Crippen molar-refractivity contribution in [3.8, 4) is 0 Å². The van der Waals surface area contributed by atoms with Gasteiger partial charge in [-0.1, -0.05) is 20.8 Å². The van der Waals surface area contributed by atoms with E-state index in [1.54, 1.807) is 0 Å². The summed E-state index contributed by atoms with van der Waals surface area (Å²) in [5.74, 6) is 0.679. The van der Waals surface area contributed by atoms with Crippen LogP contribution >= 0.6 is 11.3 Å². The van der Waals surface area contributed by atoms with Crippen molar-refractivity contribution in [1.82, 2.24) is 15.2 Å². The van der Waals surface area contributed by atoms with Crippen LogP contribution in [-0.4, -0.2) is 34.6 Å². The van der Waals surface area contributed by atoms with Crippen LogP contribution in [0.4, 0.5) is 0 Å². The van der Waals surface area contributed by atoms with Gasteiger partial charge in [-0.15, -0.1) is 11.3 Å². The first-order valence-corrected chi connectivity index (χ1v) is 8.58. The summed E-state index contributed by atoms with van der Waals surface area (Å²) < 4.78 is 0. The summed E-state index contributed by atoms with van der Waals surface area (Å²) in [6, 6.07) is 0.594. The molecule has 1 aromatic rings. The van der Waals surface area contributed by atoms with Gasteiger partial charge < -0.3 is 5.32 Å². The third-order valence-electron chi connectivity index (χ3n) is 4.89. The number of aromatic nitrogens is 1. The third-order valence-corrected chi connectivity index (χ3v) is 5.95. The van der Waals surface area contributed by atoms with Crippen LogP contribution in [0.15, 0.2) is 0 Å². The second-order valence-corrected chi connectivity index (χ2v) is 8.00. The molecule has 2 unspecified atom stereocenters. The maximum absolute atomic E-state index is 4.73. The largest absolute Gasteiger partial charge is 0.311 e. The van der Waals surface area contributed by atoms with E-state index in [1.165, 1.54) is 22.0 Å². The van der Waals surface area contributed by atoms with E-state index in [2.05, 4.69) is 51.8 Å². The standard InChI is InChI=1S/C16H29N3S/c1-7-16(6)10-17-14(11(2)3)8-19(16)9-15-18-12(4)13(5)20-15/h11,14,17H,7-10H2,1-6H3. The first kappa shape index (κ1) is 15.9. The SMILES string of the molecule is CCC1(C)CNC(C(C)C)CN1Cc1nc(C)c(C)s1. The minimum absolute atomic E-state index is 0.249. The summed E-state index contributed by atoms with van der Waals surface area (Å²) >= 11 is 1.86. The van der Waals surface area contributed by atoms with Crippen molar-refractivity contribution in [2.45, 2.75) is 66.1 Å². The van der Waals surface area contributed by atoms with Crippen molar-refractivity contribution in [3.63, 3.8) is 0 Å². The smallest absolute Gasteiger partial charge is 0.107 e. The second-order valence-electron chi connectivity index (χ2n) is 6.71. The minimum Gasteiger partial charge on any atom is -0.311 e. The lowest BCUT2D eigenvalue weighted by Crippen LogP contribution is -2.63. The fraction of sp³-hybridized carbons (Fsp3) is 0.812. The number of aryl methyl sites for hydroxylation is 2. The van der Waals surface area contributed by atoms with Gasteiger partial charge in [0.2, 0.25) is 0 Å². The Kier molecular flexibility index (Phi) is 4.88. The van der Waals surface area contributed by atoms with Crippen molar-refractivity contribution in [1.29, 1.82) is 0 Å². The zero-order valence-corrected chi connectivity index (χ0v) is 14.6. The van der Waals surface area contributed by atoms with E-state index in [-0.39, 0.29) is 5.54 Å². The zero-order valence-electron chi connectivity index (χ0n) is 13.8. The van der Waals surface area contributed by atoms with E-state index in [0.717, 1.165) is 19.6 Å². The first-order valence-electron chi connectivity index (χ1n) is 7.77. The Morgan fingerprint density at radius 3 is 2.65 bits per heavy atom.